The lowest BCUT2D eigenvalue weighted by atomic mass is 10.0. The van der Waals surface area contributed by atoms with Gasteiger partial charge in [-0.1, -0.05) is 317 Å². The highest BCUT2D eigenvalue weighted by Crippen LogP contribution is 2.45. The fraction of sp³-hybridized carbons (Fsp3) is 0.896. The summed E-state index contributed by atoms with van der Waals surface area (Å²) in [6.45, 7) is 11.8. The maximum atomic E-state index is 13.1. The van der Waals surface area contributed by atoms with Crippen molar-refractivity contribution in [2.24, 2.45) is 17.8 Å². The van der Waals surface area contributed by atoms with E-state index < -0.39 is 97.5 Å². The molecular formula is C77H146O17P2. The molecule has 19 heteroatoms. The molecule has 17 nitrogen and oxygen atoms in total. The Kier molecular flexibility index (Phi) is 65.3. The molecule has 0 aromatic heterocycles. The minimum absolute atomic E-state index is 0.0849. The van der Waals surface area contributed by atoms with Gasteiger partial charge in [-0.15, -0.1) is 0 Å². The van der Waals surface area contributed by atoms with Crippen molar-refractivity contribution >= 4 is 39.5 Å². The van der Waals surface area contributed by atoms with Gasteiger partial charge in [0.25, 0.3) is 0 Å². The van der Waals surface area contributed by atoms with Gasteiger partial charge in [0.15, 0.2) is 12.2 Å². The van der Waals surface area contributed by atoms with E-state index in [2.05, 4.69) is 72.8 Å². The zero-order valence-corrected chi connectivity index (χ0v) is 64.1. The van der Waals surface area contributed by atoms with Crippen LogP contribution in [0.4, 0.5) is 0 Å². The molecule has 0 spiro atoms. The fourth-order valence-corrected chi connectivity index (χ4v) is 12.8. The number of phosphoric ester groups is 2. The van der Waals surface area contributed by atoms with Crippen LogP contribution < -0.4 is 0 Å². The van der Waals surface area contributed by atoms with E-state index in [1.165, 1.54) is 167 Å². The Morgan fingerprint density at radius 1 is 0.323 bits per heavy atom. The molecule has 96 heavy (non-hydrogen) atoms. The molecule has 0 aromatic carbocycles. The predicted octanol–water partition coefficient (Wildman–Crippen LogP) is 22.1. The summed E-state index contributed by atoms with van der Waals surface area (Å²) in [5.41, 5.74) is 0. The Hall–Kier alpha value is -2.46. The number of hydrogen-bond donors (Lipinski definition) is 3. The van der Waals surface area contributed by atoms with E-state index in [1.807, 2.05) is 0 Å². The number of allylic oxidation sites excluding steroid dienone is 4. The van der Waals surface area contributed by atoms with Crippen molar-refractivity contribution in [3.63, 3.8) is 0 Å². The summed E-state index contributed by atoms with van der Waals surface area (Å²) in [5.74, 6) is 0.125. The molecule has 0 bridgehead atoms. The number of carbonyl (C=O) groups excluding carboxylic acids is 4. The summed E-state index contributed by atoms with van der Waals surface area (Å²) in [4.78, 5) is 72.8. The normalized spacial score (nSPS) is 14.2. The van der Waals surface area contributed by atoms with Crippen molar-refractivity contribution in [3.05, 3.63) is 24.3 Å². The second kappa shape index (κ2) is 67.1. The van der Waals surface area contributed by atoms with Gasteiger partial charge in [0, 0.05) is 25.7 Å². The molecule has 0 heterocycles. The zero-order valence-electron chi connectivity index (χ0n) is 62.3. The molecule has 0 radical (unpaired) electrons. The van der Waals surface area contributed by atoms with E-state index in [4.69, 9.17) is 37.0 Å². The lowest BCUT2D eigenvalue weighted by molar-refractivity contribution is -0.161. The average molecular weight is 1410 g/mol. The lowest BCUT2D eigenvalue weighted by Gasteiger charge is -2.21. The highest BCUT2D eigenvalue weighted by atomic mass is 31.2. The third kappa shape index (κ3) is 70.0. The van der Waals surface area contributed by atoms with Gasteiger partial charge in [0.2, 0.25) is 0 Å². The van der Waals surface area contributed by atoms with Crippen LogP contribution in [0, 0.1) is 17.8 Å². The number of rotatable bonds is 73. The third-order valence-corrected chi connectivity index (χ3v) is 19.2. The van der Waals surface area contributed by atoms with Gasteiger partial charge in [-0.2, -0.15) is 0 Å². The van der Waals surface area contributed by atoms with Gasteiger partial charge in [-0.05, 0) is 69.1 Å². The van der Waals surface area contributed by atoms with Crippen molar-refractivity contribution in [1.29, 1.82) is 0 Å². The molecule has 0 amide bonds. The first-order valence-corrected chi connectivity index (χ1v) is 42.2. The van der Waals surface area contributed by atoms with E-state index in [-0.39, 0.29) is 25.7 Å². The Morgan fingerprint density at radius 2 is 0.562 bits per heavy atom. The molecule has 3 N–H and O–H groups in total. The van der Waals surface area contributed by atoms with Gasteiger partial charge in [0.1, 0.15) is 19.3 Å². The Labute approximate surface area is 586 Å². The van der Waals surface area contributed by atoms with Gasteiger partial charge in [-0.25, -0.2) is 9.13 Å². The summed E-state index contributed by atoms with van der Waals surface area (Å²) in [6, 6.07) is 0. The molecule has 0 fully saturated rings. The first-order chi connectivity index (χ1) is 46.2. The number of ether oxygens (including phenoxy) is 4. The van der Waals surface area contributed by atoms with Crippen LogP contribution in [0.3, 0.4) is 0 Å². The number of hydrogen-bond acceptors (Lipinski definition) is 15. The number of aliphatic hydroxyl groups is 1. The second-order valence-electron chi connectivity index (χ2n) is 28.5. The van der Waals surface area contributed by atoms with Crippen molar-refractivity contribution in [2.75, 3.05) is 39.6 Å². The molecule has 0 aliphatic heterocycles. The number of aliphatic hydroxyl groups excluding tert-OH is 1. The minimum Gasteiger partial charge on any atom is -0.462 e. The zero-order chi connectivity index (χ0) is 70.9. The molecule has 0 aliphatic rings. The molecular weight excluding hydrogens is 1260 g/mol. The van der Waals surface area contributed by atoms with Crippen LogP contribution in [0.5, 0.6) is 0 Å². The average Bonchev–Trinajstić information content (AvgIpc) is 1.29. The van der Waals surface area contributed by atoms with Crippen LogP contribution >= 0.6 is 15.6 Å². The summed E-state index contributed by atoms with van der Waals surface area (Å²) in [5, 5.41) is 10.6. The Bertz CT molecular complexity index is 1960. The molecule has 0 aliphatic carbocycles. The van der Waals surface area contributed by atoms with Crippen LogP contribution in [0.1, 0.15) is 370 Å². The molecule has 0 saturated carbocycles. The largest absolute Gasteiger partial charge is 0.472 e. The Morgan fingerprint density at radius 3 is 0.844 bits per heavy atom. The topological polar surface area (TPSA) is 237 Å². The van der Waals surface area contributed by atoms with Gasteiger partial charge >= 0.3 is 39.5 Å². The SMILES string of the molecule is CCCCCC/C=C\C=C/CCCCCCCC(=O)O[C@H](COC(=O)CCCCCCCCCCCCCCCCC(C)C)COP(=O)(O)OCC(O)COP(=O)(O)OC[C@@H](COC(=O)CCCCCCCCCCC(C)C)OC(=O)CCCCCCCCCCCCC(C)C. The van der Waals surface area contributed by atoms with Crippen LogP contribution in [0.2, 0.25) is 0 Å². The van der Waals surface area contributed by atoms with E-state index in [1.54, 1.807) is 0 Å². The third-order valence-electron chi connectivity index (χ3n) is 17.3. The lowest BCUT2D eigenvalue weighted by Crippen LogP contribution is -2.30. The van der Waals surface area contributed by atoms with E-state index in [0.29, 0.717) is 25.7 Å². The van der Waals surface area contributed by atoms with E-state index in [9.17, 15) is 43.2 Å². The molecule has 3 unspecified atom stereocenters. The van der Waals surface area contributed by atoms with E-state index >= 15 is 0 Å². The van der Waals surface area contributed by atoms with Gasteiger partial charge in [-0.3, -0.25) is 37.3 Å². The van der Waals surface area contributed by atoms with Crippen LogP contribution in [-0.2, 0) is 65.4 Å². The number of unbranched alkanes of at least 4 members (excludes halogenated alkanes) is 38. The first kappa shape index (κ1) is 93.5. The maximum absolute atomic E-state index is 13.1. The van der Waals surface area contributed by atoms with Crippen molar-refractivity contribution in [2.45, 2.75) is 388 Å². The first-order valence-electron chi connectivity index (χ1n) is 39.2. The van der Waals surface area contributed by atoms with Gasteiger partial charge in [0.05, 0.1) is 26.4 Å². The quantitative estimate of drug-likeness (QED) is 0.0169. The highest BCUT2D eigenvalue weighted by molar-refractivity contribution is 7.47. The summed E-state index contributed by atoms with van der Waals surface area (Å²) in [6.07, 6.45) is 56.3. The second-order valence-corrected chi connectivity index (χ2v) is 31.4. The smallest absolute Gasteiger partial charge is 0.462 e. The van der Waals surface area contributed by atoms with Crippen molar-refractivity contribution < 1.29 is 80.2 Å². The highest BCUT2D eigenvalue weighted by Gasteiger charge is 2.30. The molecule has 5 atom stereocenters. The van der Waals surface area contributed by atoms with Crippen molar-refractivity contribution in [1.82, 2.24) is 0 Å². The molecule has 566 valence electrons. The van der Waals surface area contributed by atoms with Crippen LogP contribution in [0.25, 0.3) is 0 Å². The Balaban J connectivity index is 5.29. The summed E-state index contributed by atoms with van der Waals surface area (Å²) >= 11 is 0. The number of phosphoric acid groups is 2. The van der Waals surface area contributed by atoms with Crippen LogP contribution in [-0.4, -0.2) is 96.7 Å². The molecule has 0 saturated heterocycles. The van der Waals surface area contributed by atoms with E-state index in [0.717, 1.165) is 120 Å². The molecule has 0 aromatic rings. The van der Waals surface area contributed by atoms with Crippen molar-refractivity contribution in [3.8, 4) is 0 Å². The minimum atomic E-state index is -4.97. The summed E-state index contributed by atoms with van der Waals surface area (Å²) < 4.78 is 68.5. The van der Waals surface area contributed by atoms with Gasteiger partial charge < -0.3 is 33.8 Å². The maximum Gasteiger partial charge on any atom is 0.472 e. The standard InChI is InChI=1S/C77H146O17P2/c1-8-9-10-11-12-13-14-15-16-21-24-30-39-46-53-60-76(81)93-72(64-87-74(79)58-51-44-37-29-23-20-18-17-19-22-27-34-41-48-55-68(2)3)66-91-95(83,84)89-62-71(78)63-90-96(85,86)92-67-73(65-88-75(80)59-52-45-38-33-32-36-43-50-57-70(6)7)94-77(82)61-54-47-40-31-26-25-28-35-42-49-56-69(4)5/h13-16,68-73,78H,8-12,17-67H2,1-7H3,(H,83,84)(H,85,86)/b14-13-,16-15-/t71?,72-,73-/m1/s1. The monoisotopic (exact) mass is 1410 g/mol. The number of carbonyl (C=O) groups is 4. The number of esters is 4. The predicted molar refractivity (Wildman–Crippen MR) is 390 cm³/mol. The molecule has 0 rings (SSSR count). The fourth-order valence-electron chi connectivity index (χ4n) is 11.2. The summed E-state index contributed by atoms with van der Waals surface area (Å²) in [7, 11) is -9.93. The van der Waals surface area contributed by atoms with Crippen LogP contribution in [0.15, 0.2) is 24.3 Å².